The van der Waals surface area contributed by atoms with Gasteiger partial charge in [0.05, 0.1) is 11.7 Å². The van der Waals surface area contributed by atoms with E-state index >= 15 is 0 Å². The third-order valence-corrected chi connectivity index (χ3v) is 3.17. The molecule has 0 atom stereocenters. The number of aromatic nitrogens is 3. The van der Waals surface area contributed by atoms with Crippen molar-refractivity contribution >= 4 is 10.9 Å². The van der Waals surface area contributed by atoms with E-state index < -0.39 is 0 Å². The summed E-state index contributed by atoms with van der Waals surface area (Å²) in [5.41, 5.74) is 4.45. The Kier molecular flexibility index (Phi) is 2.59. The van der Waals surface area contributed by atoms with Gasteiger partial charge in [-0.1, -0.05) is 38.1 Å². The van der Waals surface area contributed by atoms with Crippen LogP contribution in [0.4, 0.5) is 0 Å². The number of rotatable bonds is 2. The van der Waals surface area contributed by atoms with Crippen molar-refractivity contribution in [1.82, 2.24) is 15.2 Å². The predicted molar refractivity (Wildman–Crippen MR) is 73.4 cm³/mol. The Morgan fingerprint density at radius 3 is 2.67 bits per heavy atom. The van der Waals surface area contributed by atoms with Gasteiger partial charge in [-0.05, 0) is 12.0 Å². The predicted octanol–water partition coefficient (Wildman–Crippen LogP) is 3.75. The number of pyridine rings is 1. The van der Waals surface area contributed by atoms with Crippen LogP contribution in [0.5, 0.6) is 0 Å². The molecular weight excluding hydrogens is 222 g/mol. The lowest BCUT2D eigenvalue weighted by molar-refractivity contribution is 0.823. The molecule has 0 aliphatic rings. The van der Waals surface area contributed by atoms with Crippen molar-refractivity contribution in [1.29, 1.82) is 0 Å². The number of aromatic amines is 1. The van der Waals surface area contributed by atoms with Gasteiger partial charge in [-0.3, -0.25) is 10.1 Å². The summed E-state index contributed by atoms with van der Waals surface area (Å²) in [5, 5.41) is 8.26. The smallest absolute Gasteiger partial charge is 0.0729 e. The first-order valence-electron chi connectivity index (χ1n) is 6.14. The minimum atomic E-state index is 0.460. The highest BCUT2D eigenvalue weighted by atomic mass is 15.1. The average Bonchev–Trinajstić information content (AvgIpc) is 2.87. The fourth-order valence-corrected chi connectivity index (χ4v) is 2.12. The van der Waals surface area contributed by atoms with Gasteiger partial charge in [-0.15, -0.1) is 0 Å². The van der Waals surface area contributed by atoms with E-state index in [1.54, 1.807) is 0 Å². The van der Waals surface area contributed by atoms with Crippen LogP contribution in [0.2, 0.25) is 0 Å². The summed E-state index contributed by atoms with van der Waals surface area (Å²) in [6, 6.07) is 10.4. The molecule has 0 unspecified atom stereocenters. The van der Waals surface area contributed by atoms with Crippen LogP contribution in [-0.2, 0) is 0 Å². The van der Waals surface area contributed by atoms with Crippen LogP contribution in [0.15, 0.2) is 42.7 Å². The molecule has 0 aliphatic carbocycles. The van der Waals surface area contributed by atoms with Crippen LogP contribution in [0.25, 0.3) is 22.0 Å². The van der Waals surface area contributed by atoms with Crippen molar-refractivity contribution in [3.05, 3.63) is 48.4 Å². The molecular formula is C15H15N3. The zero-order valence-electron chi connectivity index (χ0n) is 10.5. The number of hydrogen-bond donors (Lipinski definition) is 1. The van der Waals surface area contributed by atoms with Crippen molar-refractivity contribution in [3.63, 3.8) is 0 Å². The maximum Gasteiger partial charge on any atom is 0.0729 e. The molecule has 0 aliphatic heterocycles. The van der Waals surface area contributed by atoms with E-state index in [0.29, 0.717) is 5.92 Å². The Bertz CT molecular complexity index is 666. The molecule has 1 N–H and O–H groups in total. The Morgan fingerprint density at radius 1 is 1.06 bits per heavy atom. The molecule has 0 fully saturated rings. The summed E-state index contributed by atoms with van der Waals surface area (Å²) in [4.78, 5) is 4.51. The molecule has 3 rings (SSSR count). The van der Waals surface area contributed by atoms with E-state index in [1.807, 2.05) is 18.5 Å². The van der Waals surface area contributed by atoms with Gasteiger partial charge >= 0.3 is 0 Å². The molecule has 0 saturated carbocycles. The molecule has 0 radical (unpaired) electrons. The van der Waals surface area contributed by atoms with Crippen LogP contribution in [0, 0.1) is 0 Å². The number of fused-ring (bicyclic) bond motifs is 1. The number of nitrogens with zero attached hydrogens (tertiary/aromatic N) is 2. The number of hydrogen-bond acceptors (Lipinski definition) is 2. The summed E-state index contributed by atoms with van der Waals surface area (Å²) < 4.78 is 0. The van der Waals surface area contributed by atoms with E-state index in [0.717, 1.165) is 27.7 Å². The number of benzene rings is 1. The standard InChI is InChI=1S/C15H15N3/c1-10(2)14-7-6-11(8-16-14)13-5-3-4-12-9-17-18-15(12)13/h3-10H,1-2H3,(H,17,18). The van der Waals surface area contributed by atoms with Gasteiger partial charge in [0.15, 0.2) is 0 Å². The third kappa shape index (κ3) is 1.78. The Labute approximate surface area is 106 Å². The van der Waals surface area contributed by atoms with Crippen molar-refractivity contribution < 1.29 is 0 Å². The summed E-state index contributed by atoms with van der Waals surface area (Å²) in [6.07, 6.45) is 3.78. The SMILES string of the molecule is CC(C)c1ccc(-c2cccc3cn[nH]c23)cn1. The zero-order chi connectivity index (χ0) is 12.5. The van der Waals surface area contributed by atoms with Gasteiger partial charge in [0, 0.05) is 28.4 Å². The third-order valence-electron chi connectivity index (χ3n) is 3.17. The highest BCUT2D eigenvalue weighted by Crippen LogP contribution is 2.27. The second-order valence-electron chi connectivity index (χ2n) is 4.77. The van der Waals surface area contributed by atoms with E-state index in [9.17, 15) is 0 Å². The maximum atomic E-state index is 4.51. The molecule has 90 valence electrons. The quantitative estimate of drug-likeness (QED) is 0.737. The monoisotopic (exact) mass is 237 g/mol. The van der Waals surface area contributed by atoms with E-state index in [-0.39, 0.29) is 0 Å². The second kappa shape index (κ2) is 4.26. The minimum absolute atomic E-state index is 0.460. The molecule has 2 aromatic heterocycles. The lowest BCUT2D eigenvalue weighted by Crippen LogP contribution is -1.92. The van der Waals surface area contributed by atoms with E-state index in [2.05, 4.69) is 53.3 Å². The lowest BCUT2D eigenvalue weighted by atomic mass is 10.0. The van der Waals surface area contributed by atoms with E-state index in [4.69, 9.17) is 0 Å². The van der Waals surface area contributed by atoms with Crippen LogP contribution in [-0.4, -0.2) is 15.2 Å². The summed E-state index contributed by atoms with van der Waals surface area (Å²) in [6.45, 7) is 4.30. The first kappa shape index (κ1) is 11.0. The molecule has 0 saturated heterocycles. The topological polar surface area (TPSA) is 41.6 Å². The molecule has 2 heterocycles. The minimum Gasteiger partial charge on any atom is -0.277 e. The van der Waals surface area contributed by atoms with Crippen LogP contribution < -0.4 is 0 Å². The average molecular weight is 237 g/mol. The molecule has 0 bridgehead atoms. The number of nitrogens with one attached hydrogen (secondary N) is 1. The van der Waals surface area contributed by atoms with Gasteiger partial charge in [-0.2, -0.15) is 5.10 Å². The molecule has 3 heteroatoms. The van der Waals surface area contributed by atoms with Crippen molar-refractivity contribution in [2.45, 2.75) is 19.8 Å². The van der Waals surface area contributed by atoms with Gasteiger partial charge in [0.1, 0.15) is 0 Å². The lowest BCUT2D eigenvalue weighted by Gasteiger charge is -2.06. The molecule has 3 nitrogen and oxygen atoms in total. The first-order chi connectivity index (χ1) is 8.75. The van der Waals surface area contributed by atoms with Crippen LogP contribution in [0.3, 0.4) is 0 Å². The Morgan fingerprint density at radius 2 is 1.94 bits per heavy atom. The van der Waals surface area contributed by atoms with Gasteiger partial charge < -0.3 is 0 Å². The number of H-pyrrole nitrogens is 1. The van der Waals surface area contributed by atoms with E-state index in [1.165, 1.54) is 0 Å². The van der Waals surface area contributed by atoms with Crippen LogP contribution >= 0.6 is 0 Å². The summed E-state index contributed by atoms with van der Waals surface area (Å²) in [5.74, 6) is 0.460. The molecule has 0 amide bonds. The molecule has 3 aromatic rings. The number of para-hydroxylation sites is 1. The van der Waals surface area contributed by atoms with Crippen molar-refractivity contribution in [3.8, 4) is 11.1 Å². The summed E-state index contributed by atoms with van der Waals surface area (Å²) in [7, 11) is 0. The first-order valence-corrected chi connectivity index (χ1v) is 6.14. The molecule has 18 heavy (non-hydrogen) atoms. The van der Waals surface area contributed by atoms with Crippen LogP contribution in [0.1, 0.15) is 25.5 Å². The molecule has 1 aromatic carbocycles. The molecule has 0 spiro atoms. The fourth-order valence-electron chi connectivity index (χ4n) is 2.12. The van der Waals surface area contributed by atoms with Crippen molar-refractivity contribution in [2.75, 3.05) is 0 Å². The highest BCUT2D eigenvalue weighted by molar-refractivity contribution is 5.93. The maximum absolute atomic E-state index is 4.51. The Balaban J connectivity index is 2.11. The fraction of sp³-hybridized carbons (Fsp3) is 0.200. The second-order valence-corrected chi connectivity index (χ2v) is 4.77. The normalized spacial score (nSPS) is 11.3. The van der Waals surface area contributed by atoms with Gasteiger partial charge in [-0.25, -0.2) is 0 Å². The Hall–Kier alpha value is -2.16. The zero-order valence-corrected chi connectivity index (χ0v) is 10.5. The van der Waals surface area contributed by atoms with Crippen molar-refractivity contribution in [2.24, 2.45) is 0 Å². The highest BCUT2D eigenvalue weighted by Gasteiger charge is 2.06. The van der Waals surface area contributed by atoms with Gasteiger partial charge in [0.2, 0.25) is 0 Å². The van der Waals surface area contributed by atoms with Gasteiger partial charge in [0.25, 0.3) is 0 Å². The summed E-state index contributed by atoms with van der Waals surface area (Å²) >= 11 is 0. The largest absolute Gasteiger partial charge is 0.277 e.